The topological polar surface area (TPSA) is 0 Å². The Morgan fingerprint density at radius 2 is 1.44 bits per heavy atom. The summed E-state index contributed by atoms with van der Waals surface area (Å²) in [6.07, 6.45) is 0. The molecule has 0 radical (unpaired) electrons. The molecule has 0 aliphatic carbocycles. The van der Waals surface area contributed by atoms with E-state index in [0.29, 0.717) is 11.8 Å². The first kappa shape index (κ1) is 8.96. The first-order chi connectivity index (χ1) is 4.09. The molecule has 0 N–H and O–H groups in total. The largest absolute Gasteiger partial charge is 0.161 e. The van der Waals surface area contributed by atoms with Crippen LogP contribution in [0, 0.1) is 11.8 Å². The number of rotatable bonds is 2. The fourth-order valence-electron chi connectivity index (χ4n) is 1.00. The lowest BCUT2D eigenvalue weighted by atomic mass is 10.0. The van der Waals surface area contributed by atoms with Crippen LogP contribution in [-0.4, -0.2) is 10.7 Å². The molecule has 0 aromatic carbocycles. The minimum Gasteiger partial charge on any atom is -0.161 e. The third-order valence-corrected chi connectivity index (χ3v) is 2.58. The predicted octanol–water partition coefficient (Wildman–Crippen LogP) is 2.64. The third kappa shape index (κ3) is 2.85. The van der Waals surface area contributed by atoms with Gasteiger partial charge in [-0.05, 0) is 22.6 Å². The Morgan fingerprint density at radius 3 is 1.44 bits per heavy atom. The molecule has 0 aliphatic heterocycles. The van der Waals surface area contributed by atoms with Crippen molar-refractivity contribution in [3.63, 3.8) is 0 Å². The molecule has 0 bridgehead atoms. The van der Waals surface area contributed by atoms with Crippen molar-refractivity contribution >= 4 is 21.7 Å². The van der Waals surface area contributed by atoms with E-state index in [2.05, 4.69) is 33.6 Å². The zero-order valence-electron chi connectivity index (χ0n) is 6.77. The highest BCUT2D eigenvalue weighted by Crippen LogP contribution is 2.08. The first-order valence-electron chi connectivity index (χ1n) is 3.38. The van der Waals surface area contributed by atoms with Crippen molar-refractivity contribution in [2.75, 3.05) is 0 Å². The molecule has 0 nitrogen and oxygen atoms in total. The molecule has 0 heterocycles. The molecule has 0 saturated carbocycles. The molecule has 0 spiro atoms. The van der Waals surface area contributed by atoms with Crippen LogP contribution in [0.4, 0.5) is 0 Å². The maximum Gasteiger partial charge on any atom is -0.0133 e. The Balaban J connectivity index is 4.19. The van der Waals surface area contributed by atoms with Crippen LogP contribution in [0.3, 0.4) is 0 Å². The maximum atomic E-state index is 3.81. The minimum absolute atomic E-state index is 0.674. The molecule has 0 atom stereocenters. The van der Waals surface area contributed by atoms with E-state index in [9.17, 15) is 0 Å². The smallest absolute Gasteiger partial charge is 0.0133 e. The van der Waals surface area contributed by atoms with Crippen molar-refractivity contribution in [1.82, 2.24) is 0 Å². The highest BCUT2D eigenvalue weighted by Gasteiger charge is 2.05. The van der Waals surface area contributed by atoms with Crippen LogP contribution >= 0.6 is 10.9 Å². The maximum absolute atomic E-state index is 3.81. The van der Waals surface area contributed by atoms with E-state index < -0.39 is 0 Å². The van der Waals surface area contributed by atoms with E-state index >= 15 is 0 Å². The summed E-state index contributed by atoms with van der Waals surface area (Å²) < 4.78 is 0. The zero-order chi connectivity index (χ0) is 7.44. The number of hydrogen-bond acceptors (Lipinski definition) is 0. The Kier molecular flexibility index (Phi) is 3.87. The monoisotopic (exact) mass is 144 g/mol. The van der Waals surface area contributed by atoms with E-state index in [1.807, 2.05) is 0 Å². The summed E-state index contributed by atoms with van der Waals surface area (Å²) in [6, 6.07) is 0. The Morgan fingerprint density at radius 1 is 1.11 bits per heavy atom. The van der Waals surface area contributed by atoms with Crippen LogP contribution in [0.15, 0.2) is 0 Å². The van der Waals surface area contributed by atoms with E-state index in [4.69, 9.17) is 0 Å². The minimum atomic E-state index is 0.674. The summed E-state index contributed by atoms with van der Waals surface area (Å²) in [4.78, 5) is 1.50. The Bertz CT molecular complexity index is 118. The van der Waals surface area contributed by atoms with Crippen LogP contribution in [0.2, 0.25) is 0 Å². The van der Waals surface area contributed by atoms with Crippen LogP contribution in [0.1, 0.15) is 27.7 Å². The van der Waals surface area contributed by atoms with E-state index in [1.54, 1.807) is 10.9 Å². The van der Waals surface area contributed by atoms with Crippen molar-refractivity contribution in [3.05, 3.63) is 0 Å². The highest BCUT2D eigenvalue weighted by atomic mass is 32.1. The van der Waals surface area contributed by atoms with Gasteiger partial charge in [-0.1, -0.05) is 27.7 Å². The molecule has 0 unspecified atom stereocenters. The molecule has 0 aromatic heterocycles. The fraction of sp³-hybridized carbons (Fsp3) is 0.750. The van der Waals surface area contributed by atoms with Gasteiger partial charge in [0.15, 0.2) is 0 Å². The average molecular weight is 144 g/mol. The second kappa shape index (κ2) is 3.89. The summed E-state index contributed by atoms with van der Waals surface area (Å²) in [6.45, 7) is 8.86. The second-order valence-electron chi connectivity index (χ2n) is 2.86. The summed E-state index contributed by atoms with van der Waals surface area (Å²) in [5.74, 6) is 5.16. The van der Waals surface area contributed by atoms with Gasteiger partial charge in [0.25, 0.3) is 0 Å². The van der Waals surface area contributed by atoms with Gasteiger partial charge >= 0.3 is 0 Å². The quantitative estimate of drug-likeness (QED) is 0.523. The normalized spacial score (nSPS) is 10.4. The predicted molar refractivity (Wildman–Crippen MR) is 49.4 cm³/mol. The second-order valence-corrected chi connectivity index (χ2v) is 3.62. The molecule has 0 fully saturated rings. The molecular weight excluding hydrogens is 128 g/mol. The standard InChI is InChI=1S/C8H16S/c1-6(2)8(9-5)7(3)4/h6-7H,5H2,1-4H3. The van der Waals surface area contributed by atoms with Crippen LogP contribution < -0.4 is 0 Å². The van der Waals surface area contributed by atoms with Crippen LogP contribution in [0.25, 0.3) is 0 Å². The van der Waals surface area contributed by atoms with Crippen molar-refractivity contribution in [3.8, 4) is 0 Å². The molecule has 0 aliphatic rings. The zero-order valence-corrected chi connectivity index (χ0v) is 7.59. The molecule has 0 aromatic rings. The lowest BCUT2D eigenvalue weighted by Gasteiger charge is -2.10. The van der Waals surface area contributed by atoms with Gasteiger partial charge in [-0.2, -0.15) is 10.9 Å². The van der Waals surface area contributed by atoms with Crippen LogP contribution in [-0.2, 0) is 0 Å². The fourth-order valence-corrected chi connectivity index (χ4v) is 1.67. The van der Waals surface area contributed by atoms with Crippen molar-refractivity contribution in [1.29, 1.82) is 0 Å². The van der Waals surface area contributed by atoms with E-state index in [0.717, 1.165) is 0 Å². The molecule has 0 saturated heterocycles. The Hall–Kier alpha value is -0.0400. The molecule has 0 rings (SSSR count). The van der Waals surface area contributed by atoms with Gasteiger partial charge in [0.2, 0.25) is 0 Å². The average Bonchev–Trinajstić information content (AvgIpc) is 1.64. The van der Waals surface area contributed by atoms with Gasteiger partial charge < -0.3 is 0 Å². The summed E-state index contributed by atoms with van der Waals surface area (Å²) in [5, 5.41) is 0. The van der Waals surface area contributed by atoms with Gasteiger partial charge in [-0.25, -0.2) is 0 Å². The van der Waals surface area contributed by atoms with Gasteiger partial charge in [-0.15, -0.1) is 0 Å². The summed E-state index contributed by atoms with van der Waals surface area (Å²) in [5.41, 5.74) is 0. The molecule has 0 amide bonds. The Labute approximate surface area is 61.8 Å². The first-order valence-corrected chi connectivity index (χ1v) is 4.37. The summed E-state index contributed by atoms with van der Waals surface area (Å²) >= 11 is 0. The summed E-state index contributed by atoms with van der Waals surface area (Å²) in [7, 11) is 1.65. The van der Waals surface area contributed by atoms with Crippen LogP contribution in [0.5, 0.6) is 0 Å². The van der Waals surface area contributed by atoms with Crippen molar-refractivity contribution in [2.24, 2.45) is 11.8 Å². The van der Waals surface area contributed by atoms with E-state index in [-0.39, 0.29) is 0 Å². The molecule has 54 valence electrons. The third-order valence-electron chi connectivity index (χ3n) is 1.30. The van der Waals surface area contributed by atoms with Gasteiger partial charge in [0.1, 0.15) is 0 Å². The van der Waals surface area contributed by atoms with Gasteiger partial charge in [0, 0.05) is 0 Å². The molecule has 1 heteroatoms. The SMILES string of the molecule is C=S=C(C(C)C)C(C)C. The van der Waals surface area contributed by atoms with Crippen molar-refractivity contribution in [2.45, 2.75) is 27.7 Å². The van der Waals surface area contributed by atoms with Gasteiger partial charge in [-0.3, -0.25) is 0 Å². The van der Waals surface area contributed by atoms with Crippen molar-refractivity contribution < 1.29 is 0 Å². The molecule has 9 heavy (non-hydrogen) atoms. The van der Waals surface area contributed by atoms with Gasteiger partial charge in [0.05, 0.1) is 0 Å². The van der Waals surface area contributed by atoms with E-state index in [1.165, 1.54) is 4.86 Å². The lowest BCUT2D eigenvalue weighted by molar-refractivity contribution is 0.787. The molecular formula is C8H16S. The number of hydrogen-bond donors (Lipinski definition) is 0. The highest BCUT2D eigenvalue weighted by molar-refractivity contribution is 7.96. The lowest BCUT2D eigenvalue weighted by Crippen LogP contribution is -2.11.